The molecule has 0 aromatic carbocycles. The molecule has 1 saturated heterocycles. The number of nitrogens with one attached hydrogen (secondary N) is 1. The summed E-state index contributed by atoms with van der Waals surface area (Å²) in [6.07, 6.45) is 1.04. The summed E-state index contributed by atoms with van der Waals surface area (Å²) in [5.41, 5.74) is 2.87. The van der Waals surface area contributed by atoms with E-state index in [9.17, 15) is 9.59 Å². The highest BCUT2D eigenvalue weighted by Crippen LogP contribution is 2.34. The lowest BCUT2D eigenvalue weighted by atomic mass is 9.83. The number of likely N-dealkylation sites (tertiary alicyclic amines) is 1. The Morgan fingerprint density at radius 1 is 1.19 bits per heavy atom. The Morgan fingerprint density at radius 2 is 1.96 bits per heavy atom. The molecule has 26 heavy (non-hydrogen) atoms. The van der Waals surface area contributed by atoms with E-state index in [1.54, 1.807) is 6.07 Å². The fourth-order valence-corrected chi connectivity index (χ4v) is 4.17. The SMILES string of the molecule is Cc1cc(C)nc(NCC(=O)N2C[C@H]3C[C@@H](C2)c2cccc(=O)n2C3)n1. The van der Waals surface area contributed by atoms with Gasteiger partial charge in [0.1, 0.15) is 0 Å². The van der Waals surface area contributed by atoms with Gasteiger partial charge in [0.15, 0.2) is 0 Å². The van der Waals surface area contributed by atoms with E-state index in [2.05, 4.69) is 15.3 Å². The molecule has 0 unspecified atom stereocenters. The average Bonchev–Trinajstić information content (AvgIpc) is 2.60. The minimum atomic E-state index is 0.0502. The van der Waals surface area contributed by atoms with E-state index in [1.165, 1.54) is 0 Å². The van der Waals surface area contributed by atoms with Gasteiger partial charge in [-0.2, -0.15) is 0 Å². The van der Waals surface area contributed by atoms with E-state index in [4.69, 9.17) is 0 Å². The van der Waals surface area contributed by atoms with Gasteiger partial charge in [-0.1, -0.05) is 6.07 Å². The molecule has 0 spiro atoms. The number of carbonyl (C=O) groups excluding carboxylic acids is 1. The first-order valence-electron chi connectivity index (χ1n) is 9.03. The number of hydrogen-bond donors (Lipinski definition) is 1. The lowest BCUT2D eigenvalue weighted by Gasteiger charge is -2.42. The van der Waals surface area contributed by atoms with Crippen molar-refractivity contribution >= 4 is 11.9 Å². The van der Waals surface area contributed by atoms with Crippen LogP contribution in [0.2, 0.25) is 0 Å². The first-order valence-corrected chi connectivity index (χ1v) is 9.03. The highest BCUT2D eigenvalue weighted by molar-refractivity contribution is 5.80. The zero-order valence-corrected chi connectivity index (χ0v) is 15.1. The molecule has 136 valence electrons. The van der Waals surface area contributed by atoms with Gasteiger partial charge in [-0.05, 0) is 38.3 Å². The van der Waals surface area contributed by atoms with E-state index in [-0.39, 0.29) is 23.9 Å². The predicted octanol–water partition coefficient (Wildman–Crippen LogP) is 1.31. The number of fused-ring (bicyclic) bond motifs is 4. The largest absolute Gasteiger partial charge is 0.345 e. The minimum Gasteiger partial charge on any atom is -0.345 e. The van der Waals surface area contributed by atoms with Crippen molar-refractivity contribution < 1.29 is 4.79 Å². The van der Waals surface area contributed by atoms with Crippen LogP contribution in [-0.2, 0) is 11.3 Å². The summed E-state index contributed by atoms with van der Waals surface area (Å²) < 4.78 is 1.88. The summed E-state index contributed by atoms with van der Waals surface area (Å²) in [5.74, 6) is 1.11. The van der Waals surface area contributed by atoms with Crippen LogP contribution < -0.4 is 10.9 Å². The third kappa shape index (κ3) is 3.21. The number of anilines is 1. The molecule has 0 radical (unpaired) electrons. The Labute approximate surface area is 152 Å². The van der Waals surface area contributed by atoms with Crippen molar-refractivity contribution in [1.82, 2.24) is 19.4 Å². The molecule has 7 heteroatoms. The molecule has 1 fully saturated rings. The lowest BCUT2D eigenvalue weighted by molar-refractivity contribution is -0.132. The van der Waals surface area contributed by atoms with Crippen molar-refractivity contribution in [1.29, 1.82) is 0 Å². The number of hydrogen-bond acceptors (Lipinski definition) is 5. The fourth-order valence-electron chi connectivity index (χ4n) is 4.17. The van der Waals surface area contributed by atoms with Gasteiger partial charge in [0.25, 0.3) is 5.56 Å². The lowest BCUT2D eigenvalue weighted by Crippen LogP contribution is -2.50. The normalized spacial score (nSPS) is 21.2. The quantitative estimate of drug-likeness (QED) is 0.900. The number of pyridine rings is 1. The van der Waals surface area contributed by atoms with Crippen LogP contribution in [0.5, 0.6) is 0 Å². The Bertz CT molecular complexity index is 887. The van der Waals surface area contributed by atoms with Crippen LogP contribution in [0.3, 0.4) is 0 Å². The molecule has 1 N–H and O–H groups in total. The third-order valence-corrected chi connectivity index (χ3v) is 5.21. The van der Waals surface area contributed by atoms with Crippen molar-refractivity contribution in [3.8, 4) is 0 Å². The van der Waals surface area contributed by atoms with E-state index >= 15 is 0 Å². The summed E-state index contributed by atoms with van der Waals surface area (Å²) in [6, 6.07) is 7.34. The molecule has 2 aliphatic heterocycles. The summed E-state index contributed by atoms with van der Waals surface area (Å²) in [7, 11) is 0. The van der Waals surface area contributed by atoms with E-state index in [0.717, 1.165) is 23.5 Å². The zero-order chi connectivity index (χ0) is 18.3. The van der Waals surface area contributed by atoms with Gasteiger partial charge in [0.05, 0.1) is 6.54 Å². The van der Waals surface area contributed by atoms with Gasteiger partial charge in [0, 0.05) is 48.7 Å². The molecule has 2 aliphatic rings. The second-order valence-electron chi connectivity index (χ2n) is 7.32. The second kappa shape index (κ2) is 6.55. The van der Waals surface area contributed by atoms with Crippen LogP contribution in [0.1, 0.15) is 29.4 Å². The number of rotatable bonds is 3. The Hall–Kier alpha value is -2.70. The van der Waals surface area contributed by atoms with Crippen LogP contribution in [-0.4, -0.2) is 45.0 Å². The molecule has 4 heterocycles. The van der Waals surface area contributed by atoms with Crippen LogP contribution >= 0.6 is 0 Å². The first kappa shape index (κ1) is 16.8. The maximum atomic E-state index is 12.7. The summed E-state index contributed by atoms with van der Waals surface area (Å²) in [6.45, 7) is 6.06. The molecule has 0 aliphatic carbocycles. The van der Waals surface area contributed by atoms with Crippen molar-refractivity contribution in [3.05, 3.63) is 51.7 Å². The van der Waals surface area contributed by atoms with E-state index in [1.807, 2.05) is 41.5 Å². The van der Waals surface area contributed by atoms with Crippen molar-refractivity contribution in [2.75, 3.05) is 25.0 Å². The monoisotopic (exact) mass is 353 g/mol. The van der Waals surface area contributed by atoms with Gasteiger partial charge in [-0.3, -0.25) is 9.59 Å². The molecular weight excluding hydrogens is 330 g/mol. The van der Waals surface area contributed by atoms with E-state index in [0.29, 0.717) is 31.5 Å². The van der Waals surface area contributed by atoms with E-state index < -0.39 is 0 Å². The standard InChI is InChI=1S/C19H23N5O2/c1-12-6-13(2)22-19(21-12)20-8-18(26)23-9-14-7-15(11-23)16-4-3-5-17(25)24(16)10-14/h3-6,14-15H,7-11H2,1-2H3,(H,20,21,22)/t14-,15+/m1/s1. The zero-order valence-electron chi connectivity index (χ0n) is 15.1. The molecule has 2 aromatic rings. The Balaban J connectivity index is 1.45. The van der Waals surface area contributed by atoms with Gasteiger partial charge in [-0.15, -0.1) is 0 Å². The minimum absolute atomic E-state index is 0.0502. The smallest absolute Gasteiger partial charge is 0.250 e. The number of nitrogens with zero attached hydrogens (tertiary/aromatic N) is 4. The molecule has 2 aromatic heterocycles. The summed E-state index contributed by atoms with van der Waals surface area (Å²) in [4.78, 5) is 35.3. The number of aromatic nitrogens is 3. The fraction of sp³-hybridized carbons (Fsp3) is 0.474. The maximum absolute atomic E-state index is 12.7. The van der Waals surface area contributed by atoms with Gasteiger partial charge < -0.3 is 14.8 Å². The highest BCUT2D eigenvalue weighted by Gasteiger charge is 2.36. The molecule has 2 atom stereocenters. The number of carbonyl (C=O) groups is 1. The Morgan fingerprint density at radius 3 is 2.73 bits per heavy atom. The molecular formula is C19H23N5O2. The molecule has 4 rings (SSSR count). The molecule has 0 saturated carbocycles. The summed E-state index contributed by atoms with van der Waals surface area (Å²) >= 11 is 0. The van der Waals surface area contributed by atoms with Crippen molar-refractivity contribution in [2.24, 2.45) is 5.92 Å². The summed E-state index contributed by atoms with van der Waals surface area (Å²) in [5, 5.41) is 3.05. The molecule has 7 nitrogen and oxygen atoms in total. The van der Waals surface area contributed by atoms with Gasteiger partial charge in [0.2, 0.25) is 11.9 Å². The molecule has 1 amide bonds. The predicted molar refractivity (Wildman–Crippen MR) is 98.1 cm³/mol. The number of amides is 1. The second-order valence-corrected chi connectivity index (χ2v) is 7.32. The van der Waals surface area contributed by atoms with Crippen LogP contribution in [0, 0.1) is 19.8 Å². The van der Waals surface area contributed by atoms with Crippen LogP contribution in [0.4, 0.5) is 5.95 Å². The number of aryl methyl sites for hydroxylation is 2. The van der Waals surface area contributed by atoms with Crippen molar-refractivity contribution in [3.63, 3.8) is 0 Å². The Kier molecular flexibility index (Phi) is 4.22. The van der Waals surface area contributed by atoms with Gasteiger partial charge in [-0.25, -0.2) is 9.97 Å². The van der Waals surface area contributed by atoms with Crippen LogP contribution in [0.25, 0.3) is 0 Å². The topological polar surface area (TPSA) is 80.1 Å². The van der Waals surface area contributed by atoms with Crippen LogP contribution in [0.15, 0.2) is 29.1 Å². The third-order valence-electron chi connectivity index (χ3n) is 5.21. The van der Waals surface area contributed by atoms with Crippen molar-refractivity contribution in [2.45, 2.75) is 32.7 Å². The highest BCUT2D eigenvalue weighted by atomic mass is 16.2. The average molecular weight is 353 g/mol. The maximum Gasteiger partial charge on any atom is 0.250 e. The first-order chi connectivity index (χ1) is 12.5. The number of piperidine rings is 1. The van der Waals surface area contributed by atoms with Gasteiger partial charge >= 0.3 is 0 Å². The molecule has 2 bridgehead atoms.